The van der Waals surface area contributed by atoms with Crippen molar-refractivity contribution < 1.29 is 17.9 Å². The van der Waals surface area contributed by atoms with E-state index in [0.29, 0.717) is 35.3 Å². The number of amides is 1. The van der Waals surface area contributed by atoms with Crippen LogP contribution in [-0.2, 0) is 14.8 Å². The molecule has 0 bridgehead atoms. The second-order valence-corrected chi connectivity index (χ2v) is 10.9. The van der Waals surface area contributed by atoms with E-state index < -0.39 is 15.6 Å². The maximum atomic E-state index is 13.3. The van der Waals surface area contributed by atoms with Crippen LogP contribution in [0.4, 0.5) is 4.79 Å². The van der Waals surface area contributed by atoms with E-state index in [9.17, 15) is 13.2 Å². The number of sulfonamides is 1. The Morgan fingerprint density at radius 2 is 1.67 bits per heavy atom. The van der Waals surface area contributed by atoms with Crippen LogP contribution in [0.3, 0.4) is 0 Å². The van der Waals surface area contributed by atoms with Gasteiger partial charge in [0.25, 0.3) is 0 Å². The summed E-state index contributed by atoms with van der Waals surface area (Å²) in [4.78, 5) is 14.3. The Morgan fingerprint density at radius 1 is 1.11 bits per heavy atom. The average Bonchev–Trinajstić information content (AvgIpc) is 3.39. The maximum Gasteiger partial charge on any atom is 0.410 e. The van der Waals surface area contributed by atoms with Crippen LogP contribution >= 0.6 is 15.9 Å². The van der Waals surface area contributed by atoms with Crippen molar-refractivity contribution in [3.05, 3.63) is 28.7 Å². The summed E-state index contributed by atoms with van der Waals surface area (Å²) >= 11 is 3.38. The molecule has 6 nitrogen and oxygen atoms in total. The highest BCUT2D eigenvalue weighted by molar-refractivity contribution is 9.10. The zero-order chi connectivity index (χ0) is 19.8. The molecule has 0 unspecified atom stereocenters. The lowest BCUT2D eigenvalue weighted by Gasteiger charge is -2.38. The fraction of sp³-hybridized carbons (Fsp3) is 0.632. The first-order valence-corrected chi connectivity index (χ1v) is 11.6. The molecule has 1 aliphatic carbocycles. The Bertz CT molecular complexity index is 794. The van der Waals surface area contributed by atoms with Crippen molar-refractivity contribution in [1.29, 1.82) is 0 Å². The van der Waals surface area contributed by atoms with Crippen LogP contribution in [0.15, 0.2) is 33.6 Å². The molecule has 3 rings (SSSR count). The van der Waals surface area contributed by atoms with E-state index in [4.69, 9.17) is 4.74 Å². The summed E-state index contributed by atoms with van der Waals surface area (Å²) in [5.41, 5.74) is -0.531. The fourth-order valence-corrected chi connectivity index (χ4v) is 6.31. The minimum Gasteiger partial charge on any atom is -0.444 e. The first kappa shape index (κ1) is 20.6. The number of likely N-dealkylation sites (tertiary alicyclic amines) is 1. The van der Waals surface area contributed by atoms with Gasteiger partial charge in [-0.3, -0.25) is 0 Å². The third-order valence-electron chi connectivity index (χ3n) is 4.77. The van der Waals surface area contributed by atoms with Crippen molar-refractivity contribution in [2.45, 2.75) is 69.0 Å². The molecule has 150 valence electrons. The van der Waals surface area contributed by atoms with Crippen molar-refractivity contribution in [1.82, 2.24) is 9.21 Å². The molecule has 0 radical (unpaired) electrons. The molecule has 1 aromatic carbocycles. The van der Waals surface area contributed by atoms with E-state index in [1.807, 2.05) is 26.8 Å². The van der Waals surface area contributed by atoms with Gasteiger partial charge in [0.05, 0.1) is 4.90 Å². The lowest BCUT2D eigenvalue weighted by molar-refractivity contribution is 0.0176. The number of hydrogen-bond donors (Lipinski definition) is 0. The van der Waals surface area contributed by atoms with Crippen molar-refractivity contribution in [2.24, 2.45) is 0 Å². The average molecular weight is 459 g/mol. The van der Waals surface area contributed by atoms with Crippen molar-refractivity contribution in [3.8, 4) is 0 Å². The Hall–Kier alpha value is -1.12. The standard InChI is InChI=1S/C19H27BrN2O4S/c1-19(2,3)26-18(23)21-12-10-15(11-13-21)22(14-8-9-14)27(24,25)17-7-5-4-6-16(17)20/h4-7,14-15H,8-13H2,1-3H3. The molecular weight excluding hydrogens is 432 g/mol. The van der Waals surface area contributed by atoms with E-state index in [1.165, 1.54) is 0 Å². The Kier molecular flexibility index (Phi) is 5.89. The normalized spacial score (nSPS) is 19.4. The Labute approximate surface area is 170 Å². The molecule has 8 heteroatoms. The molecule has 1 aromatic rings. The molecule has 2 aliphatic rings. The molecule has 2 fully saturated rings. The van der Waals surface area contributed by atoms with Crippen LogP contribution in [0.1, 0.15) is 46.5 Å². The molecular formula is C19H27BrN2O4S. The van der Waals surface area contributed by atoms with E-state index in [2.05, 4.69) is 15.9 Å². The SMILES string of the molecule is CC(C)(C)OC(=O)N1CCC(N(C2CC2)S(=O)(=O)c2ccccc2Br)CC1. The predicted molar refractivity (Wildman–Crippen MR) is 107 cm³/mol. The lowest BCUT2D eigenvalue weighted by atomic mass is 10.1. The maximum absolute atomic E-state index is 13.3. The predicted octanol–water partition coefficient (Wildman–Crippen LogP) is 4.00. The van der Waals surface area contributed by atoms with Gasteiger partial charge in [0.1, 0.15) is 5.60 Å². The van der Waals surface area contributed by atoms with Crippen molar-refractivity contribution in [3.63, 3.8) is 0 Å². The van der Waals surface area contributed by atoms with E-state index >= 15 is 0 Å². The summed E-state index contributed by atoms with van der Waals surface area (Å²) in [5.74, 6) is 0. The quantitative estimate of drug-likeness (QED) is 0.683. The van der Waals surface area contributed by atoms with Gasteiger partial charge in [0.15, 0.2) is 0 Å². The molecule has 1 heterocycles. The molecule has 0 spiro atoms. The van der Waals surface area contributed by atoms with Crippen LogP contribution in [0, 0.1) is 0 Å². The zero-order valence-electron chi connectivity index (χ0n) is 16.0. The van der Waals surface area contributed by atoms with Gasteiger partial charge in [-0.05, 0) is 74.5 Å². The lowest BCUT2D eigenvalue weighted by Crippen LogP contribution is -2.50. The number of rotatable bonds is 4. The van der Waals surface area contributed by atoms with Crippen LogP contribution in [0.25, 0.3) is 0 Å². The summed E-state index contributed by atoms with van der Waals surface area (Å²) < 4.78 is 34.4. The van der Waals surface area contributed by atoms with Crippen molar-refractivity contribution in [2.75, 3.05) is 13.1 Å². The minimum absolute atomic E-state index is 0.0696. The first-order valence-electron chi connectivity index (χ1n) is 9.35. The third-order valence-corrected chi connectivity index (χ3v) is 7.79. The van der Waals surface area contributed by atoms with E-state index in [1.54, 1.807) is 27.4 Å². The van der Waals surface area contributed by atoms with Crippen molar-refractivity contribution >= 4 is 32.0 Å². The van der Waals surface area contributed by atoms with Crippen LogP contribution in [0.5, 0.6) is 0 Å². The second kappa shape index (κ2) is 7.72. The molecule has 1 saturated carbocycles. The highest BCUT2D eigenvalue weighted by atomic mass is 79.9. The van der Waals surface area contributed by atoms with E-state index in [-0.39, 0.29) is 18.2 Å². The fourth-order valence-electron chi connectivity index (χ4n) is 3.42. The number of carbonyl (C=O) groups excluding carboxylic acids is 1. The minimum atomic E-state index is -3.58. The van der Waals surface area contributed by atoms with E-state index in [0.717, 1.165) is 12.8 Å². The van der Waals surface area contributed by atoms with Crippen LogP contribution in [-0.4, -0.2) is 54.5 Å². The molecule has 27 heavy (non-hydrogen) atoms. The van der Waals surface area contributed by atoms with Gasteiger partial charge in [0.2, 0.25) is 10.0 Å². The summed E-state index contributed by atoms with van der Waals surface area (Å²) in [7, 11) is -3.58. The summed E-state index contributed by atoms with van der Waals surface area (Å²) in [6, 6.07) is 6.93. The topological polar surface area (TPSA) is 66.9 Å². The highest BCUT2D eigenvalue weighted by Gasteiger charge is 2.44. The van der Waals surface area contributed by atoms with Gasteiger partial charge < -0.3 is 9.64 Å². The number of ether oxygens (including phenoxy) is 1. The van der Waals surface area contributed by atoms with Gasteiger partial charge in [0, 0.05) is 29.6 Å². The number of benzene rings is 1. The van der Waals surface area contributed by atoms with Gasteiger partial charge >= 0.3 is 6.09 Å². The molecule has 0 atom stereocenters. The monoisotopic (exact) mass is 458 g/mol. The zero-order valence-corrected chi connectivity index (χ0v) is 18.4. The Morgan fingerprint density at radius 3 is 2.19 bits per heavy atom. The molecule has 1 amide bonds. The molecule has 0 aromatic heterocycles. The van der Waals surface area contributed by atoms with Crippen LogP contribution in [0.2, 0.25) is 0 Å². The highest BCUT2D eigenvalue weighted by Crippen LogP contribution is 2.38. The smallest absolute Gasteiger partial charge is 0.410 e. The third kappa shape index (κ3) is 4.84. The largest absolute Gasteiger partial charge is 0.444 e. The van der Waals surface area contributed by atoms with Gasteiger partial charge in [-0.15, -0.1) is 0 Å². The summed E-state index contributed by atoms with van der Waals surface area (Å²) in [5, 5.41) is 0. The molecule has 0 N–H and O–H groups in total. The number of halogens is 1. The van der Waals surface area contributed by atoms with Gasteiger partial charge in [-0.2, -0.15) is 4.31 Å². The number of hydrogen-bond acceptors (Lipinski definition) is 4. The number of nitrogens with zero attached hydrogens (tertiary/aromatic N) is 2. The number of carbonyl (C=O) groups is 1. The molecule has 1 saturated heterocycles. The first-order chi connectivity index (χ1) is 12.6. The molecule has 1 aliphatic heterocycles. The number of piperidine rings is 1. The van der Waals surface area contributed by atoms with Gasteiger partial charge in [-0.25, -0.2) is 13.2 Å². The second-order valence-electron chi connectivity index (χ2n) is 8.20. The van der Waals surface area contributed by atoms with Gasteiger partial charge in [-0.1, -0.05) is 12.1 Å². The summed E-state index contributed by atoms with van der Waals surface area (Å²) in [6.45, 7) is 6.55. The Balaban J connectivity index is 1.73. The van der Waals surface area contributed by atoms with Crippen LogP contribution < -0.4 is 0 Å². The summed E-state index contributed by atoms with van der Waals surface area (Å²) in [6.07, 6.45) is 2.72.